The number of halogens is 1. The van der Waals surface area contributed by atoms with Crippen molar-refractivity contribution < 1.29 is 18.3 Å². The van der Waals surface area contributed by atoms with E-state index in [1.54, 1.807) is 17.5 Å². The Balaban J connectivity index is 2.32. The summed E-state index contributed by atoms with van der Waals surface area (Å²) in [6.07, 6.45) is 0. The van der Waals surface area contributed by atoms with Crippen molar-refractivity contribution in [3.63, 3.8) is 0 Å². The van der Waals surface area contributed by atoms with Gasteiger partial charge in [-0.15, -0.1) is 11.3 Å². The van der Waals surface area contributed by atoms with Crippen LogP contribution in [0.4, 0.5) is 5.69 Å². The normalized spacial score (nSPS) is 11.3. The van der Waals surface area contributed by atoms with Gasteiger partial charge in [0.15, 0.2) is 0 Å². The molecule has 0 fully saturated rings. The van der Waals surface area contributed by atoms with Gasteiger partial charge in [0.1, 0.15) is 9.96 Å². The second-order valence-electron chi connectivity index (χ2n) is 3.88. The maximum atomic E-state index is 12.2. The minimum atomic E-state index is -3.73. The van der Waals surface area contributed by atoms with Crippen LogP contribution in [0.1, 0.15) is 5.56 Å². The Hall–Kier alpha value is -1.28. The van der Waals surface area contributed by atoms with Gasteiger partial charge in [-0.3, -0.25) is 4.72 Å². The second-order valence-corrected chi connectivity index (χ2v) is 7.11. The molecule has 1 aromatic carbocycles. The van der Waals surface area contributed by atoms with E-state index in [1.807, 2.05) is 0 Å². The lowest BCUT2D eigenvalue weighted by Crippen LogP contribution is -2.12. The Morgan fingerprint density at radius 1 is 1.40 bits per heavy atom. The van der Waals surface area contributed by atoms with Crippen molar-refractivity contribution in [3.8, 4) is 5.75 Å². The summed E-state index contributed by atoms with van der Waals surface area (Å²) < 4.78 is 31.9. The van der Waals surface area contributed by atoms with Crippen LogP contribution in [0.15, 0.2) is 33.9 Å². The molecule has 0 saturated heterocycles. The summed E-state index contributed by atoms with van der Waals surface area (Å²) in [7, 11) is -2.25. The van der Waals surface area contributed by atoms with E-state index >= 15 is 0 Å². The van der Waals surface area contributed by atoms with Crippen LogP contribution in [-0.4, -0.2) is 20.6 Å². The number of anilines is 1. The zero-order chi connectivity index (χ0) is 14.8. The fourth-order valence-corrected chi connectivity index (χ4v) is 3.97. The average Bonchev–Trinajstić information content (AvgIpc) is 2.91. The van der Waals surface area contributed by atoms with Crippen molar-refractivity contribution in [1.29, 1.82) is 0 Å². The molecule has 0 radical (unpaired) electrons. The van der Waals surface area contributed by atoms with Gasteiger partial charge in [-0.05, 0) is 29.1 Å². The maximum absolute atomic E-state index is 12.2. The molecule has 5 nitrogen and oxygen atoms in total. The Morgan fingerprint density at radius 2 is 2.15 bits per heavy atom. The standard InChI is InChI=1S/C12H12ClNO4S2/c1-18-9-2-3-10(13)11(5-9)14-20(16,17)12-4-8(6-15)7-19-12/h2-5,7,14-15H,6H2,1H3. The van der Waals surface area contributed by atoms with Gasteiger partial charge in [-0.25, -0.2) is 8.42 Å². The van der Waals surface area contributed by atoms with Gasteiger partial charge in [0, 0.05) is 6.07 Å². The van der Waals surface area contributed by atoms with Crippen molar-refractivity contribution >= 4 is 38.6 Å². The highest BCUT2D eigenvalue weighted by molar-refractivity contribution is 7.94. The Labute approximate surface area is 125 Å². The number of methoxy groups -OCH3 is 1. The predicted molar refractivity (Wildman–Crippen MR) is 79.1 cm³/mol. The van der Waals surface area contributed by atoms with Gasteiger partial charge in [0.25, 0.3) is 10.0 Å². The molecule has 0 bridgehead atoms. The lowest BCUT2D eigenvalue weighted by Gasteiger charge is -2.09. The zero-order valence-corrected chi connectivity index (χ0v) is 12.8. The van der Waals surface area contributed by atoms with Gasteiger partial charge in [0.05, 0.1) is 24.4 Å². The number of thiophene rings is 1. The molecule has 0 spiro atoms. The van der Waals surface area contributed by atoms with Crippen LogP contribution in [0.2, 0.25) is 5.02 Å². The van der Waals surface area contributed by atoms with Crippen LogP contribution in [-0.2, 0) is 16.6 Å². The van der Waals surface area contributed by atoms with Crippen LogP contribution in [0.5, 0.6) is 5.75 Å². The van der Waals surface area contributed by atoms with Gasteiger partial charge in [0.2, 0.25) is 0 Å². The Morgan fingerprint density at radius 3 is 2.75 bits per heavy atom. The molecule has 2 N–H and O–H groups in total. The van der Waals surface area contributed by atoms with Crippen molar-refractivity contribution in [2.75, 3.05) is 11.8 Å². The van der Waals surface area contributed by atoms with Crippen molar-refractivity contribution in [2.45, 2.75) is 10.8 Å². The number of nitrogens with one attached hydrogen (secondary N) is 1. The maximum Gasteiger partial charge on any atom is 0.271 e. The summed E-state index contributed by atoms with van der Waals surface area (Å²) in [6, 6.07) is 6.10. The van der Waals surface area contributed by atoms with E-state index < -0.39 is 10.0 Å². The molecule has 0 amide bonds. The first-order valence-electron chi connectivity index (χ1n) is 5.51. The van der Waals surface area contributed by atoms with Gasteiger partial charge >= 0.3 is 0 Å². The third-order valence-corrected chi connectivity index (χ3v) is 5.68. The molecule has 2 rings (SSSR count). The number of benzene rings is 1. The minimum Gasteiger partial charge on any atom is -0.497 e. The number of hydrogen-bond donors (Lipinski definition) is 2. The molecule has 0 aliphatic rings. The summed E-state index contributed by atoms with van der Waals surface area (Å²) in [5.41, 5.74) is 0.789. The lowest BCUT2D eigenvalue weighted by atomic mass is 10.3. The topological polar surface area (TPSA) is 75.6 Å². The number of aliphatic hydroxyl groups excluding tert-OH is 1. The fraction of sp³-hybridized carbons (Fsp3) is 0.167. The first kappa shape index (κ1) is 15.1. The van der Waals surface area contributed by atoms with Crippen molar-refractivity contribution in [2.24, 2.45) is 0 Å². The molecule has 20 heavy (non-hydrogen) atoms. The first-order valence-corrected chi connectivity index (χ1v) is 8.25. The van der Waals surface area contributed by atoms with E-state index in [4.69, 9.17) is 21.4 Å². The summed E-state index contributed by atoms with van der Waals surface area (Å²) in [5.74, 6) is 0.495. The SMILES string of the molecule is COc1ccc(Cl)c(NS(=O)(=O)c2cc(CO)cs2)c1. The molecule has 0 aliphatic carbocycles. The van der Waals surface area contributed by atoms with Crippen LogP contribution in [0.3, 0.4) is 0 Å². The quantitative estimate of drug-likeness (QED) is 0.882. The van der Waals surface area contributed by atoms with Gasteiger partial charge in [-0.2, -0.15) is 0 Å². The largest absolute Gasteiger partial charge is 0.497 e. The molecule has 108 valence electrons. The first-order chi connectivity index (χ1) is 9.46. The van der Waals surface area contributed by atoms with E-state index in [9.17, 15) is 8.42 Å². The number of ether oxygens (including phenoxy) is 1. The van der Waals surface area contributed by atoms with Gasteiger partial charge in [-0.1, -0.05) is 11.6 Å². The zero-order valence-electron chi connectivity index (χ0n) is 10.5. The molecule has 0 unspecified atom stereocenters. The highest BCUT2D eigenvalue weighted by Crippen LogP contribution is 2.30. The van der Waals surface area contributed by atoms with Crippen LogP contribution in [0.25, 0.3) is 0 Å². The molecule has 0 atom stereocenters. The lowest BCUT2D eigenvalue weighted by molar-refractivity contribution is 0.282. The smallest absolute Gasteiger partial charge is 0.271 e. The Bertz CT molecular complexity index is 712. The van der Waals surface area contributed by atoms with E-state index in [0.29, 0.717) is 11.3 Å². The minimum absolute atomic E-state index is 0.112. The molecular formula is C12H12ClNO4S2. The van der Waals surface area contributed by atoms with E-state index in [2.05, 4.69) is 4.72 Å². The molecule has 1 heterocycles. The van der Waals surface area contributed by atoms with Crippen LogP contribution < -0.4 is 9.46 Å². The molecule has 1 aromatic heterocycles. The molecule has 2 aromatic rings. The summed E-state index contributed by atoms with van der Waals surface area (Å²) >= 11 is 6.99. The average molecular weight is 334 g/mol. The molecule has 0 saturated carbocycles. The molecule has 8 heteroatoms. The van der Waals surface area contributed by atoms with Crippen molar-refractivity contribution in [1.82, 2.24) is 0 Å². The number of aliphatic hydroxyl groups is 1. The summed E-state index contributed by atoms with van der Waals surface area (Å²) in [5, 5.41) is 10.8. The highest BCUT2D eigenvalue weighted by atomic mass is 35.5. The van der Waals surface area contributed by atoms with Crippen molar-refractivity contribution in [3.05, 3.63) is 40.2 Å². The highest BCUT2D eigenvalue weighted by Gasteiger charge is 2.18. The summed E-state index contributed by atoms with van der Waals surface area (Å²) in [4.78, 5) is 0. The fourth-order valence-electron chi connectivity index (χ4n) is 1.48. The number of sulfonamides is 1. The summed E-state index contributed by atoms with van der Waals surface area (Å²) in [6.45, 7) is -0.202. The second kappa shape index (κ2) is 6.01. The third-order valence-electron chi connectivity index (χ3n) is 2.49. The Kier molecular flexibility index (Phi) is 4.54. The number of rotatable bonds is 5. The third kappa shape index (κ3) is 3.24. The van der Waals surface area contributed by atoms with E-state index in [0.717, 1.165) is 11.3 Å². The van der Waals surface area contributed by atoms with Gasteiger partial charge < -0.3 is 9.84 Å². The van der Waals surface area contributed by atoms with Crippen LogP contribution >= 0.6 is 22.9 Å². The number of hydrogen-bond acceptors (Lipinski definition) is 5. The molecular weight excluding hydrogens is 322 g/mol. The molecule has 0 aliphatic heterocycles. The van der Waals surface area contributed by atoms with E-state index in [1.165, 1.54) is 19.2 Å². The predicted octanol–water partition coefficient (Wildman–Crippen LogP) is 2.70. The van der Waals surface area contributed by atoms with E-state index in [-0.39, 0.29) is 21.5 Å². The van der Waals surface area contributed by atoms with Crippen LogP contribution in [0, 0.1) is 0 Å². The monoisotopic (exact) mass is 333 g/mol.